The molecule has 0 aliphatic heterocycles. The fourth-order valence-electron chi connectivity index (χ4n) is 2.51. The molecule has 1 atom stereocenters. The highest BCUT2D eigenvalue weighted by molar-refractivity contribution is 5.70. The minimum atomic E-state index is -0.797. The summed E-state index contributed by atoms with van der Waals surface area (Å²) in [5.74, 6) is -0.797. The molecule has 0 radical (unpaired) electrons. The number of nitrogens with one attached hydrogen (secondary N) is 1. The molecule has 0 bridgehead atoms. The quantitative estimate of drug-likeness (QED) is 0.853. The predicted octanol–water partition coefficient (Wildman–Crippen LogP) is 3.47. The lowest BCUT2D eigenvalue weighted by Gasteiger charge is -2.17. The number of rotatable bonds is 6. The first-order valence-corrected chi connectivity index (χ1v) is 7.15. The SMILES string of the molecule is Cc1ccccc1C(C)NCc1ccccc1CC(=O)O. The van der Waals surface area contributed by atoms with E-state index in [0.29, 0.717) is 6.54 Å². The zero-order chi connectivity index (χ0) is 15.2. The Morgan fingerprint density at radius 1 is 1.10 bits per heavy atom. The smallest absolute Gasteiger partial charge is 0.307 e. The number of carbonyl (C=O) groups is 1. The molecule has 3 heteroatoms. The first kappa shape index (κ1) is 15.3. The fourth-order valence-corrected chi connectivity index (χ4v) is 2.51. The summed E-state index contributed by atoms with van der Waals surface area (Å²) >= 11 is 0. The molecule has 2 rings (SSSR count). The standard InChI is InChI=1S/C18H21NO2/c1-13-7-3-6-10-17(13)14(2)19-12-16-9-5-4-8-15(16)11-18(20)21/h3-10,14,19H,11-12H2,1-2H3,(H,20,21). The van der Waals surface area contributed by atoms with Crippen molar-refractivity contribution in [2.75, 3.05) is 0 Å². The van der Waals surface area contributed by atoms with E-state index in [0.717, 1.165) is 11.1 Å². The van der Waals surface area contributed by atoms with E-state index in [2.05, 4.69) is 31.3 Å². The first-order chi connectivity index (χ1) is 10.1. The van der Waals surface area contributed by atoms with E-state index < -0.39 is 5.97 Å². The molecule has 0 aliphatic rings. The Hall–Kier alpha value is -2.13. The van der Waals surface area contributed by atoms with Gasteiger partial charge in [0.1, 0.15) is 0 Å². The Balaban J connectivity index is 2.06. The molecule has 0 heterocycles. The van der Waals surface area contributed by atoms with Gasteiger partial charge < -0.3 is 10.4 Å². The zero-order valence-corrected chi connectivity index (χ0v) is 12.5. The molecule has 2 N–H and O–H groups in total. The number of carboxylic acid groups (broad SMARTS) is 1. The summed E-state index contributed by atoms with van der Waals surface area (Å²) in [5.41, 5.74) is 4.44. The van der Waals surface area contributed by atoms with Gasteiger partial charge in [0.2, 0.25) is 0 Å². The lowest BCUT2D eigenvalue weighted by Crippen LogP contribution is -2.20. The van der Waals surface area contributed by atoms with Crippen LogP contribution >= 0.6 is 0 Å². The van der Waals surface area contributed by atoms with Crippen molar-refractivity contribution in [1.82, 2.24) is 5.32 Å². The van der Waals surface area contributed by atoms with Crippen LogP contribution in [0, 0.1) is 6.92 Å². The van der Waals surface area contributed by atoms with Crippen LogP contribution in [0.3, 0.4) is 0 Å². The highest BCUT2D eigenvalue weighted by atomic mass is 16.4. The molecule has 2 aromatic carbocycles. The van der Waals surface area contributed by atoms with Gasteiger partial charge >= 0.3 is 5.97 Å². The average Bonchev–Trinajstić information content (AvgIpc) is 2.46. The van der Waals surface area contributed by atoms with Crippen LogP contribution in [0.25, 0.3) is 0 Å². The highest BCUT2D eigenvalue weighted by Crippen LogP contribution is 2.18. The summed E-state index contributed by atoms with van der Waals surface area (Å²) in [4.78, 5) is 10.9. The average molecular weight is 283 g/mol. The maximum absolute atomic E-state index is 10.9. The van der Waals surface area contributed by atoms with Gasteiger partial charge in [0.05, 0.1) is 6.42 Å². The van der Waals surface area contributed by atoms with Crippen LogP contribution in [-0.4, -0.2) is 11.1 Å². The second-order valence-electron chi connectivity index (χ2n) is 5.30. The molecular weight excluding hydrogens is 262 g/mol. The van der Waals surface area contributed by atoms with Gasteiger partial charge in [-0.15, -0.1) is 0 Å². The van der Waals surface area contributed by atoms with Crippen molar-refractivity contribution in [3.8, 4) is 0 Å². The molecule has 0 saturated carbocycles. The molecule has 0 aliphatic carbocycles. The lowest BCUT2D eigenvalue weighted by molar-refractivity contribution is -0.136. The van der Waals surface area contributed by atoms with E-state index in [-0.39, 0.29) is 12.5 Å². The van der Waals surface area contributed by atoms with Crippen LogP contribution in [0.2, 0.25) is 0 Å². The normalized spacial score (nSPS) is 12.1. The second kappa shape index (κ2) is 7.04. The van der Waals surface area contributed by atoms with Crippen molar-refractivity contribution < 1.29 is 9.90 Å². The minimum absolute atomic E-state index is 0.0661. The van der Waals surface area contributed by atoms with Crippen LogP contribution in [0.5, 0.6) is 0 Å². The predicted molar refractivity (Wildman–Crippen MR) is 84.2 cm³/mol. The summed E-state index contributed by atoms with van der Waals surface area (Å²) < 4.78 is 0. The molecule has 0 amide bonds. The fraction of sp³-hybridized carbons (Fsp3) is 0.278. The maximum Gasteiger partial charge on any atom is 0.307 e. The monoisotopic (exact) mass is 283 g/mol. The van der Waals surface area contributed by atoms with Crippen LogP contribution in [0.1, 0.15) is 35.2 Å². The van der Waals surface area contributed by atoms with Gasteiger partial charge in [0.25, 0.3) is 0 Å². The third-order valence-electron chi connectivity index (χ3n) is 3.71. The number of aliphatic carboxylic acids is 1. The molecular formula is C18H21NO2. The van der Waals surface area contributed by atoms with Gasteiger partial charge in [-0.05, 0) is 36.1 Å². The van der Waals surface area contributed by atoms with Crippen LogP contribution in [-0.2, 0) is 17.8 Å². The van der Waals surface area contributed by atoms with Gasteiger partial charge in [-0.2, -0.15) is 0 Å². The number of hydrogen-bond donors (Lipinski definition) is 2. The number of aryl methyl sites for hydroxylation is 1. The van der Waals surface area contributed by atoms with Gasteiger partial charge in [-0.1, -0.05) is 48.5 Å². The zero-order valence-electron chi connectivity index (χ0n) is 12.5. The molecule has 21 heavy (non-hydrogen) atoms. The Labute approximate surface area is 125 Å². The van der Waals surface area contributed by atoms with Gasteiger partial charge in [0.15, 0.2) is 0 Å². The number of benzene rings is 2. The van der Waals surface area contributed by atoms with Gasteiger partial charge in [-0.25, -0.2) is 0 Å². The summed E-state index contributed by atoms with van der Waals surface area (Å²) in [6.07, 6.45) is 0.0661. The van der Waals surface area contributed by atoms with E-state index in [1.807, 2.05) is 36.4 Å². The van der Waals surface area contributed by atoms with Crippen LogP contribution in [0.15, 0.2) is 48.5 Å². The van der Waals surface area contributed by atoms with Crippen molar-refractivity contribution in [2.45, 2.75) is 32.9 Å². The third-order valence-corrected chi connectivity index (χ3v) is 3.71. The topological polar surface area (TPSA) is 49.3 Å². The molecule has 0 saturated heterocycles. The molecule has 110 valence electrons. The summed E-state index contributed by atoms with van der Waals surface area (Å²) in [6, 6.07) is 16.2. The molecule has 2 aromatic rings. The molecule has 3 nitrogen and oxygen atoms in total. The van der Waals surface area contributed by atoms with Crippen molar-refractivity contribution in [1.29, 1.82) is 0 Å². The van der Waals surface area contributed by atoms with Gasteiger partial charge in [-0.3, -0.25) is 4.79 Å². The molecule has 0 aromatic heterocycles. The Morgan fingerprint density at radius 3 is 2.38 bits per heavy atom. The van der Waals surface area contributed by atoms with Crippen LogP contribution < -0.4 is 5.32 Å². The Kier molecular flexibility index (Phi) is 5.12. The third kappa shape index (κ3) is 4.17. The largest absolute Gasteiger partial charge is 0.481 e. The van der Waals surface area contributed by atoms with E-state index in [1.54, 1.807) is 0 Å². The van der Waals surface area contributed by atoms with Crippen molar-refractivity contribution >= 4 is 5.97 Å². The number of hydrogen-bond acceptors (Lipinski definition) is 2. The minimum Gasteiger partial charge on any atom is -0.481 e. The van der Waals surface area contributed by atoms with E-state index >= 15 is 0 Å². The van der Waals surface area contributed by atoms with E-state index in [9.17, 15) is 4.79 Å². The summed E-state index contributed by atoms with van der Waals surface area (Å²) in [7, 11) is 0. The van der Waals surface area contributed by atoms with Crippen molar-refractivity contribution in [3.05, 3.63) is 70.8 Å². The first-order valence-electron chi connectivity index (χ1n) is 7.15. The summed E-state index contributed by atoms with van der Waals surface area (Å²) in [6.45, 7) is 4.90. The second-order valence-corrected chi connectivity index (χ2v) is 5.30. The molecule has 0 spiro atoms. The molecule has 0 fully saturated rings. The van der Waals surface area contributed by atoms with Crippen molar-refractivity contribution in [3.63, 3.8) is 0 Å². The van der Waals surface area contributed by atoms with E-state index in [4.69, 9.17) is 5.11 Å². The lowest BCUT2D eigenvalue weighted by atomic mass is 10.0. The van der Waals surface area contributed by atoms with Gasteiger partial charge in [0, 0.05) is 12.6 Å². The van der Waals surface area contributed by atoms with Crippen LogP contribution in [0.4, 0.5) is 0 Å². The summed E-state index contributed by atoms with van der Waals surface area (Å²) in [5, 5.41) is 12.4. The van der Waals surface area contributed by atoms with E-state index in [1.165, 1.54) is 11.1 Å². The molecule has 1 unspecified atom stereocenters. The Morgan fingerprint density at radius 2 is 1.71 bits per heavy atom. The maximum atomic E-state index is 10.9. The van der Waals surface area contributed by atoms with Crippen molar-refractivity contribution in [2.24, 2.45) is 0 Å². The highest BCUT2D eigenvalue weighted by Gasteiger charge is 2.10. The Bertz CT molecular complexity index is 622. The number of carboxylic acids is 1.